The average Bonchev–Trinajstić information content (AvgIpc) is 3.02. The number of nitriles is 1. The number of hydrogen-bond donors (Lipinski definition) is 2. The third-order valence-corrected chi connectivity index (χ3v) is 7.07. The van der Waals surface area contributed by atoms with Crippen LogP contribution in [0.4, 0.5) is 0 Å². The molecule has 0 radical (unpaired) electrons. The smallest absolute Gasteiger partial charge is 0.311 e. The molecule has 2 unspecified atom stereocenters. The van der Waals surface area contributed by atoms with Crippen molar-refractivity contribution in [2.75, 3.05) is 7.11 Å². The lowest BCUT2D eigenvalue weighted by Gasteiger charge is -2.27. The van der Waals surface area contributed by atoms with Crippen molar-refractivity contribution in [1.29, 1.82) is 5.26 Å². The van der Waals surface area contributed by atoms with Crippen LogP contribution < -0.4 is 10.6 Å². The van der Waals surface area contributed by atoms with Gasteiger partial charge < -0.3 is 15.4 Å². The zero-order valence-electron chi connectivity index (χ0n) is 23.7. The van der Waals surface area contributed by atoms with Crippen LogP contribution in [0.1, 0.15) is 39.5 Å². The molecule has 4 rings (SSSR count). The molecule has 2 amide bonds. The Morgan fingerprint density at radius 1 is 0.786 bits per heavy atom. The van der Waals surface area contributed by atoms with E-state index >= 15 is 0 Å². The number of esters is 1. The lowest BCUT2D eigenvalue weighted by Crippen LogP contribution is -2.46. The molecule has 212 valence electrons. The monoisotopic (exact) mass is 559 g/mol. The fourth-order valence-corrected chi connectivity index (χ4v) is 4.88. The summed E-state index contributed by atoms with van der Waals surface area (Å²) in [4.78, 5) is 37.9. The first-order valence-electron chi connectivity index (χ1n) is 13.7. The number of amides is 2. The molecular weight excluding hydrogens is 526 g/mol. The van der Waals surface area contributed by atoms with Gasteiger partial charge >= 0.3 is 5.97 Å². The second-order valence-corrected chi connectivity index (χ2v) is 10.1. The van der Waals surface area contributed by atoms with Crippen molar-refractivity contribution in [2.45, 2.75) is 32.4 Å². The van der Waals surface area contributed by atoms with E-state index in [0.717, 1.165) is 27.8 Å². The van der Waals surface area contributed by atoms with Crippen molar-refractivity contribution >= 4 is 17.8 Å². The van der Waals surface area contributed by atoms with E-state index in [0.29, 0.717) is 30.5 Å². The van der Waals surface area contributed by atoms with Crippen molar-refractivity contribution < 1.29 is 19.1 Å². The standard InChI is InChI=1S/C35H33N3O4/c1-24(39)37-23-28-12-7-13-31(19-28)29-14-16-30(17-15-29)34(40)38-33(21-25-8-4-3-5-9-25)32(35(41)42-2)20-26-10-6-11-27(18-26)22-36/h3-19,32-33H,20-21,23H2,1-2H3,(H,37,39)(H,38,40). The summed E-state index contributed by atoms with van der Waals surface area (Å²) in [5.41, 5.74) is 5.61. The van der Waals surface area contributed by atoms with Crippen LogP contribution in [0.2, 0.25) is 0 Å². The molecule has 2 atom stereocenters. The van der Waals surface area contributed by atoms with E-state index in [1.165, 1.54) is 14.0 Å². The van der Waals surface area contributed by atoms with Gasteiger partial charge in [0.15, 0.2) is 0 Å². The molecular formula is C35H33N3O4. The number of nitrogens with one attached hydrogen (secondary N) is 2. The first kappa shape index (κ1) is 29.8. The van der Waals surface area contributed by atoms with Crippen molar-refractivity contribution in [3.8, 4) is 17.2 Å². The van der Waals surface area contributed by atoms with Gasteiger partial charge in [0, 0.05) is 25.1 Å². The zero-order valence-corrected chi connectivity index (χ0v) is 23.7. The number of hydrogen-bond acceptors (Lipinski definition) is 5. The van der Waals surface area contributed by atoms with E-state index in [2.05, 4.69) is 16.7 Å². The van der Waals surface area contributed by atoms with E-state index < -0.39 is 17.9 Å². The molecule has 7 heteroatoms. The summed E-state index contributed by atoms with van der Waals surface area (Å²) in [5.74, 6) is -1.51. The highest BCUT2D eigenvalue weighted by atomic mass is 16.5. The van der Waals surface area contributed by atoms with Crippen LogP contribution >= 0.6 is 0 Å². The number of rotatable bonds is 11. The summed E-state index contributed by atoms with van der Waals surface area (Å²) in [6, 6.07) is 33.5. The van der Waals surface area contributed by atoms with E-state index in [1.807, 2.05) is 72.8 Å². The summed E-state index contributed by atoms with van der Waals surface area (Å²) in [5, 5.41) is 15.2. The minimum Gasteiger partial charge on any atom is -0.469 e. The summed E-state index contributed by atoms with van der Waals surface area (Å²) < 4.78 is 5.17. The van der Waals surface area contributed by atoms with Gasteiger partial charge in [-0.1, -0.05) is 72.8 Å². The lowest BCUT2D eigenvalue weighted by atomic mass is 9.87. The van der Waals surface area contributed by atoms with E-state index in [-0.39, 0.29) is 11.8 Å². The van der Waals surface area contributed by atoms with Gasteiger partial charge in [0.2, 0.25) is 5.91 Å². The Labute approximate surface area is 246 Å². The molecule has 4 aromatic carbocycles. The van der Waals surface area contributed by atoms with E-state index in [4.69, 9.17) is 4.74 Å². The van der Waals surface area contributed by atoms with Crippen molar-refractivity contribution in [3.63, 3.8) is 0 Å². The molecule has 4 aromatic rings. The van der Waals surface area contributed by atoms with Gasteiger partial charge in [-0.15, -0.1) is 0 Å². The quantitative estimate of drug-likeness (QED) is 0.245. The summed E-state index contributed by atoms with van der Waals surface area (Å²) in [6.07, 6.45) is 0.719. The fraction of sp³-hybridized carbons (Fsp3) is 0.200. The topological polar surface area (TPSA) is 108 Å². The molecule has 0 aliphatic rings. The molecule has 0 aliphatic heterocycles. The van der Waals surface area contributed by atoms with E-state index in [1.54, 1.807) is 30.3 Å². The Bertz CT molecular complexity index is 1580. The second kappa shape index (κ2) is 14.4. The summed E-state index contributed by atoms with van der Waals surface area (Å²) in [7, 11) is 1.34. The van der Waals surface area contributed by atoms with E-state index in [9.17, 15) is 19.6 Å². The maximum absolute atomic E-state index is 13.5. The zero-order chi connectivity index (χ0) is 29.9. The van der Waals surface area contributed by atoms with Crippen LogP contribution in [0.3, 0.4) is 0 Å². The number of carbonyl (C=O) groups is 3. The highest BCUT2D eigenvalue weighted by Crippen LogP contribution is 2.23. The van der Waals surface area contributed by atoms with Gasteiger partial charge in [-0.3, -0.25) is 14.4 Å². The predicted octanol–water partition coefficient (Wildman–Crippen LogP) is 5.23. The maximum atomic E-state index is 13.5. The molecule has 0 aliphatic carbocycles. The molecule has 0 saturated heterocycles. The molecule has 0 heterocycles. The van der Waals surface area contributed by atoms with Gasteiger partial charge in [-0.05, 0) is 71.0 Å². The minimum absolute atomic E-state index is 0.0912. The van der Waals surface area contributed by atoms with Crippen LogP contribution in [0.5, 0.6) is 0 Å². The molecule has 7 nitrogen and oxygen atoms in total. The number of nitrogens with zero attached hydrogens (tertiary/aromatic N) is 1. The summed E-state index contributed by atoms with van der Waals surface area (Å²) >= 11 is 0. The SMILES string of the molecule is COC(=O)C(Cc1cccc(C#N)c1)C(Cc1ccccc1)NC(=O)c1ccc(-c2cccc(CNC(C)=O)c2)cc1. The van der Waals surface area contributed by atoms with Crippen LogP contribution in [0, 0.1) is 17.2 Å². The normalized spacial score (nSPS) is 11.9. The van der Waals surface area contributed by atoms with Gasteiger partial charge in [-0.2, -0.15) is 5.26 Å². The highest BCUT2D eigenvalue weighted by Gasteiger charge is 2.31. The van der Waals surface area contributed by atoms with Gasteiger partial charge in [0.05, 0.1) is 24.7 Å². The predicted molar refractivity (Wildman–Crippen MR) is 161 cm³/mol. The molecule has 0 spiro atoms. The van der Waals surface area contributed by atoms with Gasteiger partial charge in [0.25, 0.3) is 5.91 Å². The molecule has 0 aromatic heterocycles. The molecule has 0 saturated carbocycles. The van der Waals surface area contributed by atoms with Crippen LogP contribution in [-0.2, 0) is 33.7 Å². The van der Waals surface area contributed by atoms with Crippen LogP contribution in [-0.4, -0.2) is 30.9 Å². The molecule has 42 heavy (non-hydrogen) atoms. The molecule has 0 bridgehead atoms. The van der Waals surface area contributed by atoms with Crippen LogP contribution in [0.25, 0.3) is 11.1 Å². The van der Waals surface area contributed by atoms with Gasteiger partial charge in [-0.25, -0.2) is 0 Å². The third kappa shape index (κ3) is 8.15. The van der Waals surface area contributed by atoms with Crippen molar-refractivity contribution in [2.24, 2.45) is 5.92 Å². The third-order valence-electron chi connectivity index (χ3n) is 7.07. The van der Waals surface area contributed by atoms with Crippen molar-refractivity contribution in [1.82, 2.24) is 10.6 Å². The maximum Gasteiger partial charge on any atom is 0.311 e. The number of ether oxygens (including phenoxy) is 1. The Morgan fingerprint density at radius 2 is 1.48 bits per heavy atom. The fourth-order valence-electron chi connectivity index (χ4n) is 4.88. The Kier molecular flexibility index (Phi) is 10.2. The molecule has 2 N–H and O–H groups in total. The Hall–Kier alpha value is -5.22. The minimum atomic E-state index is -0.682. The number of methoxy groups -OCH3 is 1. The van der Waals surface area contributed by atoms with Crippen molar-refractivity contribution in [3.05, 3.63) is 131 Å². The lowest BCUT2D eigenvalue weighted by molar-refractivity contribution is -0.146. The summed E-state index contributed by atoms with van der Waals surface area (Å²) in [6.45, 7) is 1.92. The second-order valence-electron chi connectivity index (χ2n) is 10.1. The first-order chi connectivity index (χ1) is 20.4. The number of benzene rings is 4. The Morgan fingerprint density at radius 3 is 2.17 bits per heavy atom. The number of carbonyl (C=O) groups excluding carboxylic acids is 3. The molecule has 0 fully saturated rings. The Balaban J connectivity index is 1.57. The highest BCUT2D eigenvalue weighted by molar-refractivity contribution is 5.95. The van der Waals surface area contributed by atoms with Gasteiger partial charge in [0.1, 0.15) is 0 Å². The largest absolute Gasteiger partial charge is 0.469 e. The first-order valence-corrected chi connectivity index (χ1v) is 13.7. The van der Waals surface area contributed by atoms with Crippen LogP contribution in [0.15, 0.2) is 103 Å². The average molecular weight is 560 g/mol.